The standard InChI is InChI=1S/C12H15F2N3O2/c13-9-1-2-10(17(18)19)12(11(9)14)16-7-8-3-5-15-6-4-8/h1-2,8,15-16H,3-7H2. The number of nitrogens with zero attached hydrogens (tertiary/aromatic N) is 1. The summed E-state index contributed by atoms with van der Waals surface area (Å²) in [4.78, 5) is 10.1. The van der Waals surface area contributed by atoms with E-state index in [-0.39, 0.29) is 5.69 Å². The number of piperidine rings is 1. The lowest BCUT2D eigenvalue weighted by Gasteiger charge is -2.23. The molecule has 1 fully saturated rings. The normalized spacial score (nSPS) is 16.3. The summed E-state index contributed by atoms with van der Waals surface area (Å²) in [5, 5.41) is 16.7. The van der Waals surface area contributed by atoms with Gasteiger partial charge >= 0.3 is 0 Å². The van der Waals surface area contributed by atoms with Gasteiger partial charge < -0.3 is 10.6 Å². The third kappa shape index (κ3) is 3.17. The van der Waals surface area contributed by atoms with E-state index in [1.807, 2.05) is 0 Å². The molecule has 1 aliphatic rings. The van der Waals surface area contributed by atoms with Gasteiger partial charge in [0, 0.05) is 12.6 Å². The summed E-state index contributed by atoms with van der Waals surface area (Å²) in [5.74, 6) is -1.97. The first-order valence-corrected chi connectivity index (χ1v) is 6.16. The second-order valence-corrected chi connectivity index (χ2v) is 4.59. The Morgan fingerprint density at radius 3 is 2.68 bits per heavy atom. The van der Waals surface area contributed by atoms with Gasteiger partial charge in [-0.15, -0.1) is 0 Å². The molecular formula is C12H15F2N3O2. The molecule has 104 valence electrons. The van der Waals surface area contributed by atoms with Crippen LogP contribution in [0.2, 0.25) is 0 Å². The van der Waals surface area contributed by atoms with E-state index in [1.165, 1.54) is 0 Å². The monoisotopic (exact) mass is 271 g/mol. The van der Waals surface area contributed by atoms with Crippen molar-refractivity contribution in [2.45, 2.75) is 12.8 Å². The molecule has 0 aromatic heterocycles. The Kier molecular flexibility index (Phi) is 4.26. The van der Waals surface area contributed by atoms with Crippen LogP contribution in [0.5, 0.6) is 0 Å². The summed E-state index contributed by atoms with van der Waals surface area (Å²) >= 11 is 0. The fourth-order valence-corrected chi connectivity index (χ4v) is 2.19. The zero-order valence-electron chi connectivity index (χ0n) is 10.3. The lowest BCUT2D eigenvalue weighted by Crippen LogP contribution is -2.31. The lowest BCUT2D eigenvalue weighted by molar-refractivity contribution is -0.384. The van der Waals surface area contributed by atoms with Crippen molar-refractivity contribution < 1.29 is 13.7 Å². The maximum Gasteiger partial charge on any atom is 0.295 e. The number of benzene rings is 1. The first-order valence-electron chi connectivity index (χ1n) is 6.16. The predicted octanol–water partition coefficient (Wildman–Crippen LogP) is 2.28. The number of rotatable bonds is 4. The third-order valence-corrected chi connectivity index (χ3v) is 3.30. The molecule has 2 rings (SSSR count). The van der Waals surface area contributed by atoms with Gasteiger partial charge in [-0.3, -0.25) is 10.1 Å². The van der Waals surface area contributed by atoms with E-state index in [9.17, 15) is 18.9 Å². The SMILES string of the molecule is O=[N+]([O-])c1ccc(F)c(F)c1NCC1CCNCC1. The van der Waals surface area contributed by atoms with Gasteiger partial charge in [-0.1, -0.05) is 0 Å². The number of hydrogen-bond donors (Lipinski definition) is 2. The van der Waals surface area contributed by atoms with Crippen LogP contribution in [0.1, 0.15) is 12.8 Å². The Labute approximate surface area is 109 Å². The molecular weight excluding hydrogens is 256 g/mol. The molecule has 0 amide bonds. The highest BCUT2D eigenvalue weighted by molar-refractivity contribution is 5.62. The van der Waals surface area contributed by atoms with Crippen molar-refractivity contribution in [1.82, 2.24) is 5.32 Å². The van der Waals surface area contributed by atoms with Crippen LogP contribution in [0.3, 0.4) is 0 Å². The quantitative estimate of drug-likeness (QED) is 0.651. The number of nitrogens with one attached hydrogen (secondary N) is 2. The van der Waals surface area contributed by atoms with Crippen LogP contribution in [-0.2, 0) is 0 Å². The highest BCUT2D eigenvalue weighted by Crippen LogP contribution is 2.29. The van der Waals surface area contributed by atoms with E-state index in [1.54, 1.807) is 0 Å². The van der Waals surface area contributed by atoms with Crippen LogP contribution in [-0.4, -0.2) is 24.6 Å². The van der Waals surface area contributed by atoms with Crippen molar-refractivity contribution in [3.8, 4) is 0 Å². The summed E-state index contributed by atoms with van der Waals surface area (Å²) in [7, 11) is 0. The molecule has 0 unspecified atom stereocenters. The van der Waals surface area contributed by atoms with Gasteiger partial charge in [-0.05, 0) is 37.9 Å². The molecule has 0 saturated carbocycles. The van der Waals surface area contributed by atoms with Crippen molar-refractivity contribution in [3.63, 3.8) is 0 Å². The van der Waals surface area contributed by atoms with Crippen LogP contribution >= 0.6 is 0 Å². The number of anilines is 1. The van der Waals surface area contributed by atoms with Crippen LogP contribution in [0.15, 0.2) is 12.1 Å². The smallest absolute Gasteiger partial charge is 0.295 e. The van der Waals surface area contributed by atoms with Gasteiger partial charge in [0.05, 0.1) is 4.92 Å². The largest absolute Gasteiger partial charge is 0.377 e. The fraction of sp³-hybridized carbons (Fsp3) is 0.500. The summed E-state index contributed by atoms with van der Waals surface area (Å²) in [6.07, 6.45) is 1.83. The third-order valence-electron chi connectivity index (χ3n) is 3.30. The van der Waals surface area contributed by atoms with Crippen molar-refractivity contribution in [1.29, 1.82) is 0 Å². The molecule has 0 spiro atoms. The van der Waals surface area contributed by atoms with E-state index in [0.717, 1.165) is 38.1 Å². The van der Waals surface area contributed by atoms with Crippen molar-refractivity contribution in [2.24, 2.45) is 5.92 Å². The summed E-state index contributed by atoms with van der Waals surface area (Å²) in [6.45, 7) is 2.16. The van der Waals surface area contributed by atoms with E-state index in [2.05, 4.69) is 10.6 Å². The molecule has 7 heteroatoms. The Hall–Kier alpha value is -1.76. The average Bonchev–Trinajstić information content (AvgIpc) is 2.41. The van der Waals surface area contributed by atoms with Crippen LogP contribution in [0, 0.1) is 27.7 Å². The maximum absolute atomic E-state index is 13.6. The van der Waals surface area contributed by atoms with Gasteiger partial charge in [-0.2, -0.15) is 0 Å². The van der Waals surface area contributed by atoms with Gasteiger partial charge in [0.1, 0.15) is 0 Å². The molecule has 1 heterocycles. The number of halogens is 2. The fourth-order valence-electron chi connectivity index (χ4n) is 2.19. The van der Waals surface area contributed by atoms with Crippen LogP contribution < -0.4 is 10.6 Å². The van der Waals surface area contributed by atoms with E-state index in [4.69, 9.17) is 0 Å². The number of hydrogen-bond acceptors (Lipinski definition) is 4. The molecule has 1 aromatic rings. The molecule has 0 aliphatic carbocycles. The first kappa shape index (κ1) is 13.7. The number of nitro benzene ring substituents is 1. The minimum absolute atomic E-state index is 0.309. The highest BCUT2D eigenvalue weighted by Gasteiger charge is 2.22. The minimum Gasteiger partial charge on any atom is -0.377 e. The van der Waals surface area contributed by atoms with Crippen LogP contribution in [0.4, 0.5) is 20.2 Å². The summed E-state index contributed by atoms with van der Waals surface area (Å²) < 4.78 is 26.8. The molecule has 1 aromatic carbocycles. The van der Waals surface area contributed by atoms with Gasteiger partial charge in [0.15, 0.2) is 17.3 Å². The van der Waals surface area contributed by atoms with Crippen LogP contribution in [0.25, 0.3) is 0 Å². The zero-order valence-corrected chi connectivity index (χ0v) is 10.3. The van der Waals surface area contributed by atoms with E-state index < -0.39 is 22.2 Å². The predicted molar refractivity (Wildman–Crippen MR) is 67.1 cm³/mol. The van der Waals surface area contributed by atoms with E-state index >= 15 is 0 Å². The zero-order chi connectivity index (χ0) is 13.8. The summed E-state index contributed by atoms with van der Waals surface area (Å²) in [5.41, 5.74) is -0.795. The Balaban J connectivity index is 2.13. The first-order chi connectivity index (χ1) is 9.09. The molecule has 0 atom stereocenters. The Morgan fingerprint density at radius 1 is 1.37 bits per heavy atom. The van der Waals surface area contributed by atoms with Crippen molar-refractivity contribution in [2.75, 3.05) is 25.0 Å². The average molecular weight is 271 g/mol. The molecule has 5 nitrogen and oxygen atoms in total. The minimum atomic E-state index is -1.19. The van der Waals surface area contributed by atoms with Gasteiger partial charge in [0.25, 0.3) is 5.69 Å². The maximum atomic E-state index is 13.6. The molecule has 1 saturated heterocycles. The highest BCUT2D eigenvalue weighted by atomic mass is 19.2. The van der Waals surface area contributed by atoms with Gasteiger partial charge in [0.2, 0.25) is 0 Å². The Bertz CT molecular complexity index is 476. The molecule has 19 heavy (non-hydrogen) atoms. The number of nitro groups is 1. The molecule has 0 radical (unpaired) electrons. The van der Waals surface area contributed by atoms with Gasteiger partial charge in [-0.25, -0.2) is 8.78 Å². The second kappa shape index (κ2) is 5.92. The molecule has 2 N–H and O–H groups in total. The second-order valence-electron chi connectivity index (χ2n) is 4.59. The molecule has 1 aliphatic heterocycles. The van der Waals surface area contributed by atoms with E-state index in [0.29, 0.717) is 12.5 Å². The van der Waals surface area contributed by atoms with Crippen molar-refractivity contribution in [3.05, 3.63) is 33.9 Å². The molecule has 0 bridgehead atoms. The summed E-state index contributed by atoms with van der Waals surface area (Å²) in [6, 6.07) is 1.74. The van der Waals surface area contributed by atoms with Crippen molar-refractivity contribution >= 4 is 11.4 Å². The topological polar surface area (TPSA) is 67.2 Å². The lowest BCUT2D eigenvalue weighted by atomic mass is 9.98. The Morgan fingerprint density at radius 2 is 2.05 bits per heavy atom.